The van der Waals surface area contributed by atoms with Crippen LogP contribution >= 0.6 is 22.7 Å². The summed E-state index contributed by atoms with van der Waals surface area (Å²) in [6.07, 6.45) is 0. The number of H-pyrrole nitrogens is 1. The first kappa shape index (κ1) is 12.9. The first-order valence-electron chi connectivity index (χ1n) is 7.14. The Labute approximate surface area is 139 Å². The predicted molar refractivity (Wildman–Crippen MR) is 95.8 cm³/mol. The fourth-order valence-electron chi connectivity index (χ4n) is 2.51. The highest BCUT2D eigenvalue weighted by atomic mass is 32.1. The summed E-state index contributed by atoms with van der Waals surface area (Å²) in [5, 5.41) is 9.38. The monoisotopic (exact) mass is 334 g/mol. The average Bonchev–Trinajstić information content (AvgIpc) is 3.30. The van der Waals surface area contributed by atoms with E-state index in [1.54, 1.807) is 22.7 Å². The van der Waals surface area contributed by atoms with Gasteiger partial charge in [0.15, 0.2) is 0 Å². The SMILES string of the molecule is c1ccc2sc(-c3cc(-c4nc5ccccc5s4)[nH]n3)nc2c1. The lowest BCUT2D eigenvalue weighted by atomic mass is 10.3. The molecular formula is C17H10N4S2. The van der Waals surface area contributed by atoms with Gasteiger partial charge in [-0.3, -0.25) is 5.10 Å². The van der Waals surface area contributed by atoms with Crippen molar-refractivity contribution in [2.24, 2.45) is 0 Å². The van der Waals surface area contributed by atoms with E-state index in [1.165, 1.54) is 9.40 Å². The number of para-hydroxylation sites is 2. The summed E-state index contributed by atoms with van der Waals surface area (Å²) >= 11 is 3.32. The van der Waals surface area contributed by atoms with Crippen molar-refractivity contribution in [2.45, 2.75) is 0 Å². The highest BCUT2D eigenvalue weighted by Crippen LogP contribution is 2.33. The van der Waals surface area contributed by atoms with Crippen molar-refractivity contribution in [1.82, 2.24) is 20.2 Å². The topological polar surface area (TPSA) is 54.5 Å². The lowest BCUT2D eigenvalue weighted by Gasteiger charge is -1.85. The predicted octanol–water partition coefficient (Wildman–Crippen LogP) is 4.96. The van der Waals surface area contributed by atoms with E-state index >= 15 is 0 Å². The zero-order chi connectivity index (χ0) is 15.2. The van der Waals surface area contributed by atoms with Gasteiger partial charge in [0.2, 0.25) is 0 Å². The van der Waals surface area contributed by atoms with Gasteiger partial charge >= 0.3 is 0 Å². The van der Waals surface area contributed by atoms with E-state index in [9.17, 15) is 0 Å². The molecular weight excluding hydrogens is 324 g/mol. The second-order valence-corrected chi connectivity index (χ2v) is 7.20. The number of hydrogen-bond donors (Lipinski definition) is 1. The average molecular weight is 334 g/mol. The Bertz CT molecular complexity index is 981. The molecule has 0 aliphatic rings. The summed E-state index contributed by atoms with van der Waals surface area (Å²) in [4.78, 5) is 9.31. The van der Waals surface area contributed by atoms with E-state index in [0.29, 0.717) is 0 Å². The molecule has 0 radical (unpaired) electrons. The maximum absolute atomic E-state index is 4.66. The molecule has 0 unspecified atom stereocenters. The van der Waals surface area contributed by atoms with Crippen LogP contribution in [-0.2, 0) is 0 Å². The van der Waals surface area contributed by atoms with Crippen LogP contribution < -0.4 is 0 Å². The van der Waals surface area contributed by atoms with Crippen LogP contribution in [-0.4, -0.2) is 20.2 Å². The number of fused-ring (bicyclic) bond motifs is 2. The largest absolute Gasteiger partial charge is 0.275 e. The minimum atomic E-state index is 0.862. The van der Waals surface area contributed by atoms with Gasteiger partial charge in [-0.15, -0.1) is 22.7 Å². The lowest BCUT2D eigenvalue weighted by molar-refractivity contribution is 1.10. The molecule has 1 N–H and O–H groups in total. The highest BCUT2D eigenvalue weighted by Gasteiger charge is 2.13. The van der Waals surface area contributed by atoms with Gasteiger partial charge in [0.25, 0.3) is 0 Å². The Morgan fingerprint density at radius 1 is 0.739 bits per heavy atom. The molecule has 5 rings (SSSR count). The zero-order valence-corrected chi connectivity index (χ0v) is 13.5. The Balaban J connectivity index is 1.59. The number of rotatable bonds is 2. The van der Waals surface area contributed by atoms with E-state index in [4.69, 9.17) is 0 Å². The van der Waals surface area contributed by atoms with Crippen molar-refractivity contribution in [1.29, 1.82) is 0 Å². The first-order valence-corrected chi connectivity index (χ1v) is 8.77. The fourth-order valence-corrected chi connectivity index (χ4v) is 4.37. The van der Waals surface area contributed by atoms with Gasteiger partial charge in [0.1, 0.15) is 15.7 Å². The second kappa shape index (κ2) is 4.97. The third-order valence-electron chi connectivity index (χ3n) is 3.62. The third kappa shape index (κ3) is 2.15. The summed E-state index contributed by atoms with van der Waals surface area (Å²) in [5.41, 5.74) is 3.82. The first-order chi connectivity index (χ1) is 11.4. The van der Waals surface area contributed by atoms with Crippen LogP contribution in [0.2, 0.25) is 0 Å². The van der Waals surface area contributed by atoms with Gasteiger partial charge in [-0.25, -0.2) is 9.97 Å². The van der Waals surface area contributed by atoms with Crippen LogP contribution in [0.5, 0.6) is 0 Å². The fraction of sp³-hybridized carbons (Fsp3) is 0. The normalized spacial score (nSPS) is 11.5. The molecule has 2 aromatic carbocycles. The van der Waals surface area contributed by atoms with E-state index < -0.39 is 0 Å². The molecule has 0 fully saturated rings. The molecule has 0 bridgehead atoms. The van der Waals surface area contributed by atoms with E-state index in [2.05, 4.69) is 32.3 Å². The number of aromatic nitrogens is 4. The van der Waals surface area contributed by atoms with Gasteiger partial charge in [0.05, 0.1) is 26.1 Å². The quantitative estimate of drug-likeness (QED) is 0.496. The highest BCUT2D eigenvalue weighted by molar-refractivity contribution is 7.22. The molecule has 0 spiro atoms. The Morgan fingerprint density at radius 3 is 2.04 bits per heavy atom. The number of benzene rings is 2. The zero-order valence-electron chi connectivity index (χ0n) is 11.9. The molecule has 0 atom stereocenters. The lowest BCUT2D eigenvalue weighted by Crippen LogP contribution is -1.75. The Hall–Kier alpha value is -2.57. The molecule has 110 valence electrons. The van der Waals surface area contributed by atoms with Crippen molar-refractivity contribution in [3.05, 3.63) is 54.6 Å². The molecule has 0 amide bonds. The van der Waals surface area contributed by atoms with Crippen LogP contribution in [0.1, 0.15) is 0 Å². The minimum Gasteiger partial charge on any atom is -0.275 e. The second-order valence-electron chi connectivity index (χ2n) is 5.14. The van der Waals surface area contributed by atoms with Crippen LogP contribution in [0.15, 0.2) is 54.6 Å². The van der Waals surface area contributed by atoms with Crippen LogP contribution in [0, 0.1) is 0 Å². The molecule has 3 heterocycles. The summed E-state index contributed by atoms with van der Waals surface area (Å²) in [5.74, 6) is 0. The number of nitrogens with one attached hydrogen (secondary N) is 1. The maximum Gasteiger partial charge on any atom is 0.145 e. The molecule has 6 heteroatoms. The van der Waals surface area contributed by atoms with E-state index in [0.717, 1.165) is 32.4 Å². The maximum atomic E-state index is 4.66. The molecule has 5 aromatic rings. The van der Waals surface area contributed by atoms with Crippen molar-refractivity contribution in [3.8, 4) is 21.4 Å². The van der Waals surface area contributed by atoms with Gasteiger partial charge in [-0.1, -0.05) is 24.3 Å². The van der Waals surface area contributed by atoms with Crippen molar-refractivity contribution in [2.75, 3.05) is 0 Å². The van der Waals surface area contributed by atoms with Crippen LogP contribution in [0.4, 0.5) is 0 Å². The van der Waals surface area contributed by atoms with E-state index in [-0.39, 0.29) is 0 Å². The van der Waals surface area contributed by atoms with Crippen molar-refractivity contribution < 1.29 is 0 Å². The Kier molecular flexibility index (Phi) is 2.79. The van der Waals surface area contributed by atoms with Crippen molar-refractivity contribution >= 4 is 43.1 Å². The summed E-state index contributed by atoms with van der Waals surface area (Å²) in [7, 11) is 0. The minimum absolute atomic E-state index is 0.862. The van der Waals surface area contributed by atoms with Gasteiger partial charge in [0, 0.05) is 0 Å². The molecule has 3 aromatic heterocycles. The number of thiazole rings is 2. The molecule has 23 heavy (non-hydrogen) atoms. The third-order valence-corrected chi connectivity index (χ3v) is 5.74. The molecule has 0 aliphatic heterocycles. The number of hydrogen-bond acceptors (Lipinski definition) is 5. The molecule has 0 saturated heterocycles. The summed E-state index contributed by atoms with van der Waals surface area (Å²) in [6, 6.07) is 18.3. The number of aromatic amines is 1. The van der Waals surface area contributed by atoms with Gasteiger partial charge in [-0.2, -0.15) is 5.10 Å². The standard InChI is InChI=1S/C17H10N4S2/c1-3-7-14-10(5-1)18-16(22-14)12-9-13(21-20-12)17-19-11-6-2-4-8-15(11)23-17/h1-9H,(H,20,21). The van der Waals surface area contributed by atoms with Gasteiger partial charge in [-0.05, 0) is 30.3 Å². The molecule has 0 saturated carbocycles. The van der Waals surface area contributed by atoms with Crippen LogP contribution in [0.3, 0.4) is 0 Å². The Morgan fingerprint density at radius 2 is 1.35 bits per heavy atom. The molecule has 0 aliphatic carbocycles. The van der Waals surface area contributed by atoms with Gasteiger partial charge < -0.3 is 0 Å². The molecule has 4 nitrogen and oxygen atoms in total. The van der Waals surface area contributed by atoms with Crippen molar-refractivity contribution in [3.63, 3.8) is 0 Å². The summed E-state index contributed by atoms with van der Waals surface area (Å²) < 4.78 is 2.35. The van der Waals surface area contributed by atoms with Crippen LogP contribution in [0.25, 0.3) is 41.8 Å². The number of nitrogens with zero attached hydrogens (tertiary/aromatic N) is 3. The van der Waals surface area contributed by atoms with E-state index in [1.807, 2.05) is 42.5 Å². The summed E-state index contributed by atoms with van der Waals surface area (Å²) in [6.45, 7) is 0. The smallest absolute Gasteiger partial charge is 0.145 e.